The Morgan fingerprint density at radius 2 is 2.00 bits per heavy atom. The Kier molecular flexibility index (Phi) is 5.73. The minimum absolute atomic E-state index is 0.0766. The maximum atomic E-state index is 11.9. The summed E-state index contributed by atoms with van der Waals surface area (Å²) in [7, 11) is 0. The highest BCUT2D eigenvalue weighted by atomic mass is 16.5. The molecule has 0 saturated heterocycles. The van der Waals surface area contributed by atoms with Crippen LogP contribution in [0.2, 0.25) is 0 Å². The van der Waals surface area contributed by atoms with E-state index >= 15 is 0 Å². The number of carbonyl (C=O) groups excluding carboxylic acids is 1. The van der Waals surface area contributed by atoms with Crippen LogP contribution in [0.15, 0.2) is 54.7 Å². The molecule has 0 unspecified atom stereocenters. The Balaban J connectivity index is 1.37. The fourth-order valence-electron chi connectivity index (χ4n) is 2.86. The van der Waals surface area contributed by atoms with Crippen molar-refractivity contribution in [2.75, 3.05) is 13.2 Å². The molecule has 0 radical (unpaired) electrons. The lowest BCUT2D eigenvalue weighted by molar-refractivity contribution is -0.121. The molecule has 0 fully saturated rings. The number of aromatic nitrogens is 1. The second kappa shape index (κ2) is 8.38. The molecule has 0 bridgehead atoms. The predicted octanol–water partition coefficient (Wildman–Crippen LogP) is 3.99. The van der Waals surface area contributed by atoms with Crippen molar-refractivity contribution >= 4 is 16.8 Å². The zero-order valence-electron chi connectivity index (χ0n) is 14.5. The number of aromatic amines is 1. The van der Waals surface area contributed by atoms with E-state index in [0.717, 1.165) is 17.7 Å². The summed E-state index contributed by atoms with van der Waals surface area (Å²) in [5, 5.41) is 4.23. The van der Waals surface area contributed by atoms with E-state index in [1.54, 1.807) is 0 Å². The molecule has 0 aliphatic carbocycles. The smallest absolute Gasteiger partial charge is 0.220 e. The van der Waals surface area contributed by atoms with E-state index in [1.807, 2.05) is 36.5 Å². The molecule has 3 aromatic rings. The topological polar surface area (TPSA) is 54.1 Å². The number of fused-ring (bicyclic) bond motifs is 1. The van der Waals surface area contributed by atoms with E-state index in [9.17, 15) is 4.79 Å². The molecule has 1 aromatic heterocycles. The lowest BCUT2D eigenvalue weighted by atomic mass is 10.1. The van der Waals surface area contributed by atoms with Gasteiger partial charge in [0.25, 0.3) is 0 Å². The number of nitrogens with one attached hydrogen (secondary N) is 2. The fraction of sp³-hybridized carbons (Fsp3) is 0.286. The van der Waals surface area contributed by atoms with Crippen molar-refractivity contribution in [3.63, 3.8) is 0 Å². The molecule has 2 N–H and O–H groups in total. The van der Waals surface area contributed by atoms with Gasteiger partial charge in [-0.3, -0.25) is 4.79 Å². The number of hydrogen-bond donors (Lipinski definition) is 2. The van der Waals surface area contributed by atoms with Crippen LogP contribution in [-0.2, 0) is 11.2 Å². The van der Waals surface area contributed by atoms with E-state index < -0.39 is 0 Å². The van der Waals surface area contributed by atoms with Gasteiger partial charge in [0.15, 0.2) is 0 Å². The van der Waals surface area contributed by atoms with Crippen molar-refractivity contribution in [3.8, 4) is 5.75 Å². The Hall–Kier alpha value is -2.75. The number of aryl methyl sites for hydroxylation is 1. The van der Waals surface area contributed by atoms with Gasteiger partial charge in [-0.2, -0.15) is 0 Å². The summed E-state index contributed by atoms with van der Waals surface area (Å²) in [6, 6.07) is 16.1. The van der Waals surface area contributed by atoms with Gasteiger partial charge in [0.1, 0.15) is 5.75 Å². The molecule has 0 atom stereocenters. The van der Waals surface area contributed by atoms with Gasteiger partial charge in [-0.15, -0.1) is 0 Å². The van der Waals surface area contributed by atoms with Crippen LogP contribution in [0, 0.1) is 6.92 Å². The summed E-state index contributed by atoms with van der Waals surface area (Å²) in [5.41, 5.74) is 3.63. The highest BCUT2D eigenvalue weighted by Gasteiger charge is 2.05. The largest absolute Gasteiger partial charge is 0.494 e. The fourth-order valence-corrected chi connectivity index (χ4v) is 2.86. The van der Waals surface area contributed by atoms with Crippen LogP contribution in [0.4, 0.5) is 0 Å². The number of H-pyrrole nitrogens is 1. The van der Waals surface area contributed by atoms with Gasteiger partial charge in [0.05, 0.1) is 6.61 Å². The molecule has 4 nitrogen and oxygen atoms in total. The van der Waals surface area contributed by atoms with Gasteiger partial charge >= 0.3 is 0 Å². The summed E-state index contributed by atoms with van der Waals surface area (Å²) in [4.78, 5) is 15.2. The maximum Gasteiger partial charge on any atom is 0.220 e. The Morgan fingerprint density at radius 3 is 2.84 bits per heavy atom. The molecule has 0 saturated carbocycles. The third-order valence-electron chi connectivity index (χ3n) is 4.20. The molecule has 1 amide bonds. The number of hydrogen-bond acceptors (Lipinski definition) is 2. The van der Waals surface area contributed by atoms with E-state index in [0.29, 0.717) is 26.0 Å². The second-order valence-corrected chi connectivity index (χ2v) is 6.23. The third-order valence-corrected chi connectivity index (χ3v) is 4.20. The monoisotopic (exact) mass is 336 g/mol. The van der Waals surface area contributed by atoms with Gasteiger partial charge < -0.3 is 15.0 Å². The summed E-state index contributed by atoms with van der Waals surface area (Å²) < 4.78 is 5.60. The number of para-hydroxylation sites is 1. The minimum Gasteiger partial charge on any atom is -0.494 e. The first kappa shape index (κ1) is 17.1. The molecule has 0 spiro atoms. The molecule has 0 aliphatic rings. The normalized spacial score (nSPS) is 10.8. The highest BCUT2D eigenvalue weighted by Crippen LogP contribution is 2.19. The van der Waals surface area contributed by atoms with Gasteiger partial charge in [-0.05, 0) is 49.6 Å². The van der Waals surface area contributed by atoms with Crippen LogP contribution in [-0.4, -0.2) is 24.0 Å². The summed E-state index contributed by atoms with van der Waals surface area (Å²) >= 11 is 0. The van der Waals surface area contributed by atoms with Crippen LogP contribution < -0.4 is 10.1 Å². The zero-order chi connectivity index (χ0) is 17.5. The first-order valence-corrected chi connectivity index (χ1v) is 8.73. The Bertz CT molecular complexity index is 824. The molecule has 1 heterocycles. The SMILES string of the molecule is Cc1ccc2[nH]cc(CCNC(=O)CCCOc3ccccc3)c2c1. The summed E-state index contributed by atoms with van der Waals surface area (Å²) in [6.45, 7) is 3.30. The van der Waals surface area contributed by atoms with Gasteiger partial charge in [-0.1, -0.05) is 29.8 Å². The summed E-state index contributed by atoms with van der Waals surface area (Å²) in [5.74, 6) is 0.922. The van der Waals surface area contributed by atoms with Gasteiger partial charge in [-0.25, -0.2) is 0 Å². The van der Waals surface area contributed by atoms with Crippen LogP contribution in [0.5, 0.6) is 5.75 Å². The Morgan fingerprint density at radius 1 is 1.16 bits per heavy atom. The highest BCUT2D eigenvalue weighted by molar-refractivity contribution is 5.84. The first-order valence-electron chi connectivity index (χ1n) is 8.73. The molecular weight excluding hydrogens is 312 g/mol. The average Bonchev–Trinajstić information content (AvgIpc) is 3.02. The number of amides is 1. The molecule has 130 valence electrons. The van der Waals surface area contributed by atoms with E-state index in [4.69, 9.17) is 4.74 Å². The number of ether oxygens (including phenoxy) is 1. The van der Waals surface area contributed by atoms with E-state index in [2.05, 4.69) is 35.4 Å². The lowest BCUT2D eigenvalue weighted by Crippen LogP contribution is -2.25. The lowest BCUT2D eigenvalue weighted by Gasteiger charge is -2.07. The quantitative estimate of drug-likeness (QED) is 0.611. The molecule has 2 aromatic carbocycles. The van der Waals surface area contributed by atoms with Crippen LogP contribution >= 0.6 is 0 Å². The first-order chi connectivity index (χ1) is 12.2. The second-order valence-electron chi connectivity index (χ2n) is 6.23. The van der Waals surface area contributed by atoms with Crippen molar-refractivity contribution in [2.45, 2.75) is 26.2 Å². The molecule has 4 heteroatoms. The Labute approximate surface area is 148 Å². The van der Waals surface area contributed by atoms with E-state index in [1.165, 1.54) is 16.5 Å². The van der Waals surface area contributed by atoms with E-state index in [-0.39, 0.29) is 5.91 Å². The number of benzene rings is 2. The molecular formula is C21H24N2O2. The van der Waals surface area contributed by atoms with Crippen LogP contribution in [0.25, 0.3) is 10.9 Å². The molecule has 25 heavy (non-hydrogen) atoms. The van der Waals surface area contributed by atoms with Crippen molar-refractivity contribution in [1.29, 1.82) is 0 Å². The van der Waals surface area contributed by atoms with Crippen molar-refractivity contribution in [2.24, 2.45) is 0 Å². The molecule has 3 rings (SSSR count). The van der Waals surface area contributed by atoms with Crippen LogP contribution in [0.3, 0.4) is 0 Å². The third kappa shape index (κ3) is 4.86. The number of carbonyl (C=O) groups is 1. The van der Waals surface area contributed by atoms with Crippen molar-refractivity contribution in [1.82, 2.24) is 10.3 Å². The predicted molar refractivity (Wildman–Crippen MR) is 101 cm³/mol. The summed E-state index contributed by atoms with van der Waals surface area (Å²) in [6.07, 6.45) is 4.06. The van der Waals surface area contributed by atoms with Crippen molar-refractivity contribution < 1.29 is 9.53 Å². The average molecular weight is 336 g/mol. The standard InChI is InChI=1S/C21H24N2O2/c1-16-9-10-20-19(14-16)17(15-23-20)11-12-22-21(24)8-5-13-25-18-6-3-2-4-7-18/h2-4,6-7,9-10,14-15,23H,5,8,11-13H2,1H3,(H,22,24). The number of rotatable bonds is 8. The van der Waals surface area contributed by atoms with Gasteiger partial charge in [0, 0.05) is 30.1 Å². The maximum absolute atomic E-state index is 11.9. The van der Waals surface area contributed by atoms with Crippen molar-refractivity contribution in [3.05, 3.63) is 65.9 Å². The molecule has 0 aliphatic heterocycles. The zero-order valence-corrected chi connectivity index (χ0v) is 14.5. The van der Waals surface area contributed by atoms with Crippen LogP contribution in [0.1, 0.15) is 24.0 Å². The minimum atomic E-state index is 0.0766. The van der Waals surface area contributed by atoms with Gasteiger partial charge in [0.2, 0.25) is 5.91 Å².